The van der Waals surface area contributed by atoms with Crippen molar-refractivity contribution >= 4 is 5.91 Å². The number of carbonyl (C=O) groups excluding carboxylic acids is 1. The second-order valence-corrected chi connectivity index (χ2v) is 7.69. The second-order valence-electron chi connectivity index (χ2n) is 7.69. The monoisotopic (exact) mass is 364 g/mol. The van der Waals surface area contributed by atoms with Gasteiger partial charge in [-0.25, -0.2) is 0 Å². The van der Waals surface area contributed by atoms with Crippen LogP contribution in [0.1, 0.15) is 41.2 Å². The minimum Gasteiger partial charge on any atom is -0.369 e. The topological polar surface area (TPSA) is 55.6 Å². The summed E-state index contributed by atoms with van der Waals surface area (Å²) in [6.07, 6.45) is 4.04. The van der Waals surface area contributed by atoms with Crippen molar-refractivity contribution in [2.24, 2.45) is 11.7 Å². The molecule has 27 heavy (non-hydrogen) atoms. The van der Waals surface area contributed by atoms with Crippen LogP contribution in [0.3, 0.4) is 0 Å². The highest BCUT2D eigenvalue weighted by Crippen LogP contribution is 2.35. The smallest absolute Gasteiger partial charge is 0.221 e. The summed E-state index contributed by atoms with van der Waals surface area (Å²) < 4.78 is 6.46. The van der Waals surface area contributed by atoms with Crippen LogP contribution in [0.4, 0.5) is 0 Å². The zero-order chi connectivity index (χ0) is 18.6. The van der Waals surface area contributed by atoms with Crippen molar-refractivity contribution in [3.8, 4) is 0 Å². The lowest BCUT2D eigenvalue weighted by Crippen LogP contribution is -2.42. The number of ether oxygens (including phenoxy) is 1. The molecule has 1 aliphatic carbocycles. The van der Waals surface area contributed by atoms with Gasteiger partial charge in [0.05, 0.1) is 12.5 Å². The quantitative estimate of drug-likeness (QED) is 0.887. The van der Waals surface area contributed by atoms with Crippen LogP contribution < -0.4 is 5.73 Å². The van der Waals surface area contributed by atoms with Crippen molar-refractivity contribution in [3.05, 3.63) is 70.8 Å². The van der Waals surface area contributed by atoms with E-state index in [9.17, 15) is 4.79 Å². The van der Waals surface area contributed by atoms with E-state index in [0.29, 0.717) is 6.61 Å². The van der Waals surface area contributed by atoms with E-state index in [4.69, 9.17) is 10.5 Å². The van der Waals surface area contributed by atoms with Crippen molar-refractivity contribution in [2.45, 2.75) is 31.8 Å². The summed E-state index contributed by atoms with van der Waals surface area (Å²) in [7, 11) is 0. The third-order valence-corrected chi connectivity index (χ3v) is 5.94. The summed E-state index contributed by atoms with van der Waals surface area (Å²) in [5.74, 6) is -0.190. The molecule has 0 saturated carbocycles. The number of likely N-dealkylation sites (tertiary alicyclic amines) is 1. The van der Waals surface area contributed by atoms with Gasteiger partial charge in [0.2, 0.25) is 5.91 Å². The van der Waals surface area contributed by atoms with Gasteiger partial charge in [-0.15, -0.1) is 0 Å². The van der Waals surface area contributed by atoms with E-state index in [0.717, 1.165) is 45.3 Å². The lowest BCUT2D eigenvalue weighted by Gasteiger charge is -2.31. The number of nitrogens with zero attached hydrogens (tertiary/aromatic N) is 1. The third kappa shape index (κ3) is 4.07. The first kappa shape index (κ1) is 18.2. The average molecular weight is 364 g/mol. The number of amides is 1. The van der Waals surface area contributed by atoms with Crippen LogP contribution in [0, 0.1) is 5.92 Å². The normalized spacial score (nSPS) is 20.5. The minimum atomic E-state index is -0.174. The van der Waals surface area contributed by atoms with Crippen LogP contribution in [0.25, 0.3) is 0 Å². The highest BCUT2D eigenvalue weighted by molar-refractivity contribution is 5.76. The molecule has 142 valence electrons. The number of nitrogens with two attached hydrogens (primary N) is 1. The number of hydrogen-bond acceptors (Lipinski definition) is 3. The molecule has 0 aromatic heterocycles. The van der Waals surface area contributed by atoms with E-state index >= 15 is 0 Å². The standard InChI is InChI=1S/C23H28N2O2/c24-23(26)19-8-5-13-25(16-19)14-15-27-22-20-9-3-1-6-17(20)11-12-18-7-2-4-10-21(18)22/h1-4,6-7,9-10,19,22H,5,8,11-16H2,(H2,24,26). The Hall–Kier alpha value is -2.17. The van der Waals surface area contributed by atoms with Crippen molar-refractivity contribution in [1.29, 1.82) is 0 Å². The van der Waals surface area contributed by atoms with Crippen molar-refractivity contribution in [3.63, 3.8) is 0 Å². The highest BCUT2D eigenvalue weighted by Gasteiger charge is 2.26. The zero-order valence-electron chi connectivity index (χ0n) is 15.8. The van der Waals surface area contributed by atoms with Crippen LogP contribution in [-0.4, -0.2) is 37.0 Å². The largest absolute Gasteiger partial charge is 0.369 e. The second kappa shape index (κ2) is 8.24. The molecule has 1 unspecified atom stereocenters. The summed E-state index contributed by atoms with van der Waals surface area (Å²) in [4.78, 5) is 13.8. The molecule has 0 bridgehead atoms. The molecular formula is C23H28N2O2. The molecule has 2 aromatic carbocycles. The van der Waals surface area contributed by atoms with E-state index < -0.39 is 0 Å². The molecule has 4 heteroatoms. The molecular weight excluding hydrogens is 336 g/mol. The molecule has 1 aliphatic heterocycles. The Morgan fingerprint density at radius 2 is 1.67 bits per heavy atom. The van der Waals surface area contributed by atoms with Gasteiger partial charge in [0, 0.05) is 13.1 Å². The number of piperidine rings is 1. The number of hydrogen-bond donors (Lipinski definition) is 1. The van der Waals surface area contributed by atoms with Crippen molar-refractivity contribution < 1.29 is 9.53 Å². The van der Waals surface area contributed by atoms with Gasteiger partial charge in [-0.1, -0.05) is 48.5 Å². The molecule has 0 spiro atoms. The maximum Gasteiger partial charge on any atom is 0.221 e. The van der Waals surface area contributed by atoms with Gasteiger partial charge in [0.1, 0.15) is 6.10 Å². The van der Waals surface area contributed by atoms with Gasteiger partial charge in [0.15, 0.2) is 0 Å². The Labute approximate surface area is 161 Å². The van der Waals surface area contributed by atoms with E-state index in [-0.39, 0.29) is 17.9 Å². The fourth-order valence-corrected chi connectivity index (χ4v) is 4.44. The van der Waals surface area contributed by atoms with Crippen LogP contribution in [0.5, 0.6) is 0 Å². The summed E-state index contributed by atoms with van der Waals surface area (Å²) in [5.41, 5.74) is 10.8. The molecule has 1 saturated heterocycles. The van der Waals surface area contributed by atoms with E-state index in [1.165, 1.54) is 22.3 Å². The first-order valence-electron chi connectivity index (χ1n) is 10.0. The first-order valence-corrected chi connectivity index (χ1v) is 10.0. The lowest BCUT2D eigenvalue weighted by molar-refractivity contribution is -0.123. The number of primary amides is 1. The molecule has 2 N–H and O–H groups in total. The summed E-state index contributed by atoms with van der Waals surface area (Å²) in [6, 6.07) is 17.3. The van der Waals surface area contributed by atoms with Crippen molar-refractivity contribution in [1.82, 2.24) is 4.90 Å². The van der Waals surface area contributed by atoms with Gasteiger partial charge in [-0.05, 0) is 54.5 Å². The summed E-state index contributed by atoms with van der Waals surface area (Å²) in [5, 5.41) is 0. The van der Waals surface area contributed by atoms with Crippen LogP contribution >= 0.6 is 0 Å². The molecule has 1 atom stereocenters. The Bertz CT molecular complexity index is 757. The minimum absolute atomic E-state index is 0.0157. The molecule has 2 aliphatic rings. The number of benzene rings is 2. The molecule has 4 rings (SSSR count). The van der Waals surface area contributed by atoms with Crippen molar-refractivity contribution in [2.75, 3.05) is 26.2 Å². The predicted molar refractivity (Wildman–Crippen MR) is 106 cm³/mol. The molecule has 0 radical (unpaired) electrons. The fraction of sp³-hybridized carbons (Fsp3) is 0.435. The number of carbonyl (C=O) groups is 1. The number of aryl methyl sites for hydroxylation is 2. The molecule has 1 amide bonds. The predicted octanol–water partition coefficient (Wildman–Crippen LogP) is 3.09. The van der Waals surface area contributed by atoms with E-state index in [2.05, 4.69) is 53.4 Å². The Morgan fingerprint density at radius 3 is 2.30 bits per heavy atom. The van der Waals surface area contributed by atoms with Gasteiger partial charge in [-0.3, -0.25) is 4.79 Å². The van der Waals surface area contributed by atoms with Crippen LogP contribution in [0.15, 0.2) is 48.5 Å². The number of rotatable bonds is 5. The molecule has 1 fully saturated rings. The average Bonchev–Trinajstić information content (AvgIpc) is 2.86. The van der Waals surface area contributed by atoms with Gasteiger partial charge in [0.25, 0.3) is 0 Å². The van der Waals surface area contributed by atoms with Crippen LogP contribution in [0.2, 0.25) is 0 Å². The molecule has 1 heterocycles. The van der Waals surface area contributed by atoms with Gasteiger partial charge in [-0.2, -0.15) is 0 Å². The highest BCUT2D eigenvalue weighted by atomic mass is 16.5. The Balaban J connectivity index is 1.47. The lowest BCUT2D eigenvalue weighted by atomic mass is 9.97. The van der Waals surface area contributed by atoms with E-state index in [1.807, 2.05) is 0 Å². The maximum absolute atomic E-state index is 11.5. The SMILES string of the molecule is NC(=O)C1CCCN(CCOC2c3ccccc3CCc3ccccc32)C1. The maximum atomic E-state index is 11.5. The first-order chi connectivity index (χ1) is 13.2. The zero-order valence-corrected chi connectivity index (χ0v) is 15.8. The summed E-state index contributed by atoms with van der Waals surface area (Å²) >= 11 is 0. The molecule has 2 aromatic rings. The fourth-order valence-electron chi connectivity index (χ4n) is 4.44. The van der Waals surface area contributed by atoms with Gasteiger partial charge < -0.3 is 15.4 Å². The number of fused-ring (bicyclic) bond motifs is 2. The van der Waals surface area contributed by atoms with E-state index in [1.54, 1.807) is 0 Å². The summed E-state index contributed by atoms with van der Waals surface area (Å²) in [6.45, 7) is 3.27. The van der Waals surface area contributed by atoms with Crippen LogP contribution in [-0.2, 0) is 22.4 Å². The Kier molecular flexibility index (Phi) is 5.55. The Morgan fingerprint density at radius 1 is 1.04 bits per heavy atom. The third-order valence-electron chi connectivity index (χ3n) is 5.94. The molecule has 4 nitrogen and oxygen atoms in total. The van der Waals surface area contributed by atoms with Gasteiger partial charge >= 0.3 is 0 Å².